The van der Waals surface area contributed by atoms with Crippen LogP contribution in [0.4, 0.5) is 26.3 Å². The molecule has 0 aliphatic carbocycles. The zero-order valence-corrected chi connectivity index (χ0v) is 21.4. The summed E-state index contributed by atoms with van der Waals surface area (Å²) in [4.78, 5) is 9.60. The summed E-state index contributed by atoms with van der Waals surface area (Å²) in [7, 11) is 0. The van der Waals surface area contributed by atoms with Gasteiger partial charge in [-0.1, -0.05) is 27.7 Å². The number of nitrogens with one attached hydrogen (secondary N) is 2. The number of hydrogen-bond acceptors (Lipinski definition) is 4. The number of hydrogen-bond donors (Lipinski definition) is 2. The lowest BCUT2D eigenvalue weighted by Gasteiger charge is -2.40. The minimum atomic E-state index is -4.82. The SMILES string of the molecule is CC(C)(C)OC=O.CC(C)C1CC(NCc2cc(C(F)(F)F)cc(C(F)(F)F)c2)CC(C(C)C)N1. The van der Waals surface area contributed by atoms with Crippen molar-refractivity contribution >= 4 is 6.47 Å². The van der Waals surface area contributed by atoms with Gasteiger partial charge in [0.05, 0.1) is 11.1 Å². The minimum Gasteiger partial charge on any atom is -0.462 e. The van der Waals surface area contributed by atoms with Gasteiger partial charge in [0.1, 0.15) is 5.60 Å². The molecule has 0 spiro atoms. The quantitative estimate of drug-likeness (QED) is 0.334. The molecule has 2 N–H and O–H groups in total. The van der Waals surface area contributed by atoms with Crippen molar-refractivity contribution in [3.63, 3.8) is 0 Å². The standard InChI is InChI=1S/C20H28F6N2.C5H10O2/c1-11(2)17-8-16(9-18(28-17)12(3)4)27-10-13-5-14(19(21,22)23)7-15(6-13)20(24,25)26;1-5(2,3)7-4-6/h5-7,11-12,16-18,27-28H,8-10H2,1-4H3;4H,1-3H3. The largest absolute Gasteiger partial charge is 0.462 e. The molecule has 1 saturated heterocycles. The van der Waals surface area contributed by atoms with Gasteiger partial charge in [-0.2, -0.15) is 26.3 Å². The highest BCUT2D eigenvalue weighted by Crippen LogP contribution is 2.36. The Bertz CT molecular complexity index is 752. The lowest BCUT2D eigenvalue weighted by Crippen LogP contribution is -2.54. The molecule has 1 heterocycles. The zero-order chi connectivity index (χ0) is 27.2. The Kier molecular flexibility index (Phi) is 11.1. The first kappa shape index (κ1) is 31.2. The van der Waals surface area contributed by atoms with Crippen molar-refractivity contribution in [2.75, 3.05) is 0 Å². The maximum absolute atomic E-state index is 13.0. The van der Waals surface area contributed by atoms with E-state index in [2.05, 4.69) is 43.1 Å². The van der Waals surface area contributed by atoms with Crippen LogP contribution in [0, 0.1) is 11.8 Å². The van der Waals surface area contributed by atoms with Gasteiger partial charge in [-0.15, -0.1) is 0 Å². The number of rotatable bonds is 6. The summed E-state index contributed by atoms with van der Waals surface area (Å²) >= 11 is 0. The van der Waals surface area contributed by atoms with E-state index in [-0.39, 0.29) is 41.9 Å². The van der Waals surface area contributed by atoms with Gasteiger partial charge in [0.15, 0.2) is 0 Å². The van der Waals surface area contributed by atoms with E-state index in [1.807, 2.05) is 20.8 Å². The molecular formula is C25H38F6N2O2. The van der Waals surface area contributed by atoms with Gasteiger partial charge in [0, 0.05) is 24.7 Å². The van der Waals surface area contributed by atoms with Gasteiger partial charge in [-0.3, -0.25) is 4.79 Å². The summed E-state index contributed by atoms with van der Waals surface area (Å²) in [6.07, 6.45) is -8.08. The van der Waals surface area contributed by atoms with Crippen molar-refractivity contribution in [3.8, 4) is 0 Å². The molecule has 1 aliphatic heterocycles. The van der Waals surface area contributed by atoms with Gasteiger partial charge in [0.25, 0.3) is 6.47 Å². The Hall–Kier alpha value is -1.81. The second-order valence-electron chi connectivity index (χ2n) is 10.7. The van der Waals surface area contributed by atoms with E-state index in [0.29, 0.717) is 18.3 Å². The molecule has 202 valence electrons. The Balaban J connectivity index is 0.000000762. The van der Waals surface area contributed by atoms with Crippen molar-refractivity contribution in [1.29, 1.82) is 0 Å². The molecular weight excluding hydrogens is 474 g/mol. The first-order chi connectivity index (χ1) is 15.8. The highest BCUT2D eigenvalue weighted by molar-refractivity contribution is 5.37. The summed E-state index contributed by atoms with van der Waals surface area (Å²) in [6.45, 7) is 14.3. The molecule has 0 radical (unpaired) electrons. The van der Waals surface area contributed by atoms with Crippen LogP contribution in [0.5, 0.6) is 0 Å². The maximum Gasteiger partial charge on any atom is 0.416 e. The molecule has 2 atom stereocenters. The number of piperidine rings is 1. The molecule has 10 heteroatoms. The van der Waals surface area contributed by atoms with E-state index < -0.39 is 23.5 Å². The average molecular weight is 513 g/mol. The summed E-state index contributed by atoms with van der Waals surface area (Å²) in [6, 6.07) is 2.30. The predicted molar refractivity (Wildman–Crippen MR) is 124 cm³/mol. The highest BCUT2D eigenvalue weighted by atomic mass is 19.4. The van der Waals surface area contributed by atoms with Crippen molar-refractivity contribution in [2.45, 2.75) is 104 Å². The van der Waals surface area contributed by atoms with Crippen LogP contribution in [0.1, 0.15) is 78.0 Å². The monoisotopic (exact) mass is 512 g/mol. The minimum absolute atomic E-state index is 0.0112. The summed E-state index contributed by atoms with van der Waals surface area (Å²) in [5.74, 6) is 0.771. The summed E-state index contributed by atoms with van der Waals surface area (Å²) < 4.78 is 82.6. The van der Waals surface area contributed by atoms with Crippen LogP contribution in [0.25, 0.3) is 0 Å². The number of halogens is 6. The van der Waals surface area contributed by atoms with Crippen LogP contribution in [0.3, 0.4) is 0 Å². The second kappa shape index (κ2) is 12.4. The van der Waals surface area contributed by atoms with Crippen molar-refractivity contribution in [2.24, 2.45) is 11.8 Å². The highest BCUT2D eigenvalue weighted by Gasteiger charge is 2.37. The Morgan fingerprint density at radius 1 is 0.914 bits per heavy atom. The zero-order valence-electron chi connectivity index (χ0n) is 21.4. The first-order valence-electron chi connectivity index (χ1n) is 11.7. The van der Waals surface area contributed by atoms with Crippen molar-refractivity contribution < 1.29 is 35.9 Å². The summed E-state index contributed by atoms with van der Waals surface area (Å²) in [5.41, 5.74) is -2.88. The van der Waals surface area contributed by atoms with Crippen molar-refractivity contribution in [3.05, 3.63) is 34.9 Å². The lowest BCUT2D eigenvalue weighted by atomic mass is 9.84. The number of benzene rings is 1. The van der Waals surface area contributed by atoms with Crippen molar-refractivity contribution in [1.82, 2.24) is 10.6 Å². The van der Waals surface area contributed by atoms with Gasteiger partial charge in [-0.05, 0) is 69.2 Å². The van der Waals surface area contributed by atoms with Crippen LogP contribution in [0.2, 0.25) is 0 Å². The Morgan fingerprint density at radius 2 is 1.34 bits per heavy atom. The number of ether oxygens (including phenoxy) is 1. The number of carbonyl (C=O) groups is 1. The number of carbonyl (C=O) groups excluding carboxylic acids is 1. The maximum atomic E-state index is 13.0. The van der Waals surface area contributed by atoms with Gasteiger partial charge in [-0.25, -0.2) is 0 Å². The van der Waals surface area contributed by atoms with E-state index in [1.165, 1.54) is 0 Å². The molecule has 1 aromatic carbocycles. The van der Waals surface area contributed by atoms with Crippen LogP contribution < -0.4 is 10.6 Å². The normalized spacial score (nSPS) is 21.5. The number of alkyl halides is 6. The Labute approximate surface area is 204 Å². The fourth-order valence-corrected chi connectivity index (χ4v) is 3.74. The van der Waals surface area contributed by atoms with Gasteiger partial charge in [0.2, 0.25) is 0 Å². The topological polar surface area (TPSA) is 50.4 Å². The van der Waals surface area contributed by atoms with E-state index in [1.54, 1.807) is 0 Å². The molecule has 0 aromatic heterocycles. The van der Waals surface area contributed by atoms with E-state index in [9.17, 15) is 31.1 Å². The molecule has 0 bridgehead atoms. The molecule has 2 unspecified atom stereocenters. The summed E-state index contributed by atoms with van der Waals surface area (Å²) in [5, 5.41) is 6.79. The fraction of sp³-hybridized carbons (Fsp3) is 0.720. The van der Waals surface area contributed by atoms with E-state index in [0.717, 1.165) is 25.0 Å². The molecule has 4 nitrogen and oxygen atoms in total. The Morgan fingerprint density at radius 3 is 1.63 bits per heavy atom. The van der Waals surface area contributed by atoms with Gasteiger partial charge >= 0.3 is 12.4 Å². The molecule has 1 aliphatic rings. The molecule has 1 fully saturated rings. The fourth-order valence-electron chi connectivity index (χ4n) is 3.74. The molecule has 1 aromatic rings. The predicted octanol–water partition coefficient (Wildman–Crippen LogP) is 6.57. The third-order valence-electron chi connectivity index (χ3n) is 5.76. The molecule has 35 heavy (non-hydrogen) atoms. The van der Waals surface area contributed by atoms with E-state index in [4.69, 9.17) is 0 Å². The van der Waals surface area contributed by atoms with Crippen LogP contribution in [-0.4, -0.2) is 30.2 Å². The second-order valence-corrected chi connectivity index (χ2v) is 10.7. The first-order valence-corrected chi connectivity index (χ1v) is 11.7. The molecule has 0 saturated carbocycles. The smallest absolute Gasteiger partial charge is 0.416 e. The van der Waals surface area contributed by atoms with Crippen LogP contribution in [-0.2, 0) is 28.4 Å². The third-order valence-corrected chi connectivity index (χ3v) is 5.76. The van der Waals surface area contributed by atoms with Gasteiger partial charge < -0.3 is 15.4 Å². The van der Waals surface area contributed by atoms with E-state index >= 15 is 0 Å². The average Bonchev–Trinajstić information content (AvgIpc) is 2.70. The molecule has 2 rings (SSSR count). The molecule has 0 amide bonds. The van der Waals surface area contributed by atoms with Crippen LogP contribution >= 0.6 is 0 Å². The third kappa shape index (κ3) is 11.2. The van der Waals surface area contributed by atoms with Crippen LogP contribution in [0.15, 0.2) is 18.2 Å². The lowest BCUT2D eigenvalue weighted by molar-refractivity contribution is -0.143.